The van der Waals surface area contributed by atoms with E-state index in [1.165, 1.54) is 0 Å². The van der Waals surface area contributed by atoms with Crippen molar-refractivity contribution in [2.75, 3.05) is 19.5 Å². The van der Waals surface area contributed by atoms with Gasteiger partial charge in [-0.25, -0.2) is 0 Å². The average molecular weight is 254 g/mol. The van der Waals surface area contributed by atoms with Crippen molar-refractivity contribution in [3.8, 4) is 5.75 Å². The molecule has 1 aromatic carbocycles. The summed E-state index contributed by atoms with van der Waals surface area (Å²) < 4.78 is 5.21. The fourth-order valence-electron chi connectivity index (χ4n) is 1.90. The maximum absolute atomic E-state index is 12.4. The second-order valence-electron chi connectivity index (χ2n) is 4.12. The lowest BCUT2D eigenvalue weighted by Gasteiger charge is -2.22. The second kappa shape index (κ2) is 5.41. The number of amides is 1. The van der Waals surface area contributed by atoms with Crippen molar-refractivity contribution in [2.24, 2.45) is 0 Å². The van der Waals surface area contributed by atoms with Gasteiger partial charge in [-0.1, -0.05) is 12.1 Å². The third kappa shape index (κ3) is 2.72. The molecule has 2 rings (SSSR count). The number of ether oxygens (including phenoxy) is 1. The van der Waals surface area contributed by atoms with Crippen LogP contribution in [-0.4, -0.2) is 36.4 Å². The summed E-state index contributed by atoms with van der Waals surface area (Å²) in [6, 6.07) is 7.68. The molecular formula is C13H16ClNO2. The summed E-state index contributed by atoms with van der Waals surface area (Å²) in [5.41, 5.74) is 0.618. The Hall–Kier alpha value is -1.22. The van der Waals surface area contributed by atoms with Crippen LogP contribution >= 0.6 is 11.6 Å². The van der Waals surface area contributed by atoms with Gasteiger partial charge in [0.25, 0.3) is 5.91 Å². The van der Waals surface area contributed by atoms with Gasteiger partial charge in [0, 0.05) is 18.5 Å². The zero-order valence-corrected chi connectivity index (χ0v) is 10.6. The van der Waals surface area contributed by atoms with E-state index in [4.69, 9.17) is 16.3 Å². The minimum Gasteiger partial charge on any atom is -0.496 e. The molecule has 0 heterocycles. The zero-order chi connectivity index (χ0) is 12.3. The molecule has 1 amide bonds. The summed E-state index contributed by atoms with van der Waals surface area (Å²) >= 11 is 5.75. The maximum Gasteiger partial charge on any atom is 0.257 e. The largest absolute Gasteiger partial charge is 0.496 e. The van der Waals surface area contributed by atoms with Crippen LogP contribution in [0.5, 0.6) is 5.75 Å². The van der Waals surface area contributed by atoms with Gasteiger partial charge in [-0.15, -0.1) is 11.6 Å². The predicted molar refractivity (Wildman–Crippen MR) is 67.8 cm³/mol. The lowest BCUT2D eigenvalue weighted by atomic mass is 10.1. The molecule has 0 N–H and O–H groups in total. The van der Waals surface area contributed by atoms with E-state index in [9.17, 15) is 4.79 Å². The molecule has 17 heavy (non-hydrogen) atoms. The third-order valence-corrected chi connectivity index (χ3v) is 3.08. The number of para-hydroxylation sites is 1. The number of methoxy groups -OCH3 is 1. The summed E-state index contributed by atoms with van der Waals surface area (Å²) in [7, 11) is 1.58. The maximum atomic E-state index is 12.4. The van der Waals surface area contributed by atoms with Gasteiger partial charge in [0.15, 0.2) is 0 Å². The van der Waals surface area contributed by atoms with Gasteiger partial charge < -0.3 is 9.64 Å². The Labute approximate surface area is 106 Å². The van der Waals surface area contributed by atoms with E-state index >= 15 is 0 Å². The fraction of sp³-hybridized carbons (Fsp3) is 0.462. The number of rotatable bonds is 5. The van der Waals surface area contributed by atoms with Gasteiger partial charge in [-0.05, 0) is 25.0 Å². The molecule has 0 aromatic heterocycles. The first-order valence-corrected chi connectivity index (χ1v) is 6.31. The number of benzene rings is 1. The van der Waals surface area contributed by atoms with Crippen molar-refractivity contribution < 1.29 is 9.53 Å². The molecule has 1 aliphatic carbocycles. The van der Waals surface area contributed by atoms with Crippen LogP contribution in [0.15, 0.2) is 24.3 Å². The molecule has 4 heteroatoms. The van der Waals surface area contributed by atoms with Gasteiger partial charge in [-0.3, -0.25) is 4.79 Å². The van der Waals surface area contributed by atoms with Crippen molar-refractivity contribution in [3.63, 3.8) is 0 Å². The summed E-state index contributed by atoms with van der Waals surface area (Å²) in [5, 5.41) is 0. The molecule has 3 nitrogen and oxygen atoms in total. The summed E-state index contributed by atoms with van der Waals surface area (Å²) in [6.07, 6.45) is 2.16. The highest BCUT2D eigenvalue weighted by Gasteiger charge is 2.33. The van der Waals surface area contributed by atoms with Gasteiger partial charge >= 0.3 is 0 Å². The van der Waals surface area contributed by atoms with Crippen LogP contribution in [0.3, 0.4) is 0 Å². The molecular weight excluding hydrogens is 238 g/mol. The van der Waals surface area contributed by atoms with E-state index < -0.39 is 0 Å². The number of alkyl halides is 1. The van der Waals surface area contributed by atoms with Gasteiger partial charge in [0.1, 0.15) is 5.75 Å². The van der Waals surface area contributed by atoms with Crippen molar-refractivity contribution in [3.05, 3.63) is 29.8 Å². The number of hydrogen-bond donors (Lipinski definition) is 0. The molecule has 1 aliphatic rings. The number of nitrogens with zero attached hydrogens (tertiary/aromatic N) is 1. The van der Waals surface area contributed by atoms with E-state index in [1.807, 2.05) is 17.0 Å². The summed E-state index contributed by atoms with van der Waals surface area (Å²) in [6.45, 7) is 0.600. The van der Waals surface area contributed by atoms with Crippen molar-refractivity contribution in [2.45, 2.75) is 18.9 Å². The highest BCUT2D eigenvalue weighted by Crippen LogP contribution is 2.30. The highest BCUT2D eigenvalue weighted by molar-refractivity contribution is 6.18. The van der Waals surface area contributed by atoms with Crippen LogP contribution in [0.2, 0.25) is 0 Å². The molecule has 1 fully saturated rings. The van der Waals surface area contributed by atoms with Crippen LogP contribution in [0.1, 0.15) is 23.2 Å². The van der Waals surface area contributed by atoms with Crippen molar-refractivity contribution in [1.29, 1.82) is 0 Å². The number of carbonyl (C=O) groups is 1. The topological polar surface area (TPSA) is 29.5 Å². The second-order valence-corrected chi connectivity index (χ2v) is 4.50. The smallest absolute Gasteiger partial charge is 0.257 e. The zero-order valence-electron chi connectivity index (χ0n) is 9.86. The van der Waals surface area contributed by atoms with Crippen LogP contribution in [0, 0.1) is 0 Å². The average Bonchev–Trinajstić information content (AvgIpc) is 3.19. The van der Waals surface area contributed by atoms with E-state index in [0.717, 1.165) is 12.8 Å². The number of hydrogen-bond acceptors (Lipinski definition) is 2. The van der Waals surface area contributed by atoms with Crippen LogP contribution < -0.4 is 4.74 Å². The van der Waals surface area contributed by atoms with Gasteiger partial charge in [-0.2, -0.15) is 0 Å². The molecule has 0 bridgehead atoms. The molecule has 0 atom stereocenters. The van der Waals surface area contributed by atoms with Crippen LogP contribution in [-0.2, 0) is 0 Å². The Kier molecular flexibility index (Phi) is 3.89. The van der Waals surface area contributed by atoms with Crippen molar-refractivity contribution >= 4 is 17.5 Å². The van der Waals surface area contributed by atoms with Gasteiger partial charge in [0.05, 0.1) is 12.7 Å². The Morgan fingerprint density at radius 2 is 2.18 bits per heavy atom. The van der Waals surface area contributed by atoms with E-state index in [2.05, 4.69) is 0 Å². The van der Waals surface area contributed by atoms with Crippen LogP contribution in [0.4, 0.5) is 0 Å². The van der Waals surface area contributed by atoms with E-state index in [-0.39, 0.29) is 5.91 Å². The first-order chi connectivity index (χ1) is 8.27. The Bertz CT molecular complexity index is 404. The summed E-state index contributed by atoms with van der Waals surface area (Å²) in [5.74, 6) is 1.11. The minimum absolute atomic E-state index is 0.0191. The van der Waals surface area contributed by atoms with Crippen molar-refractivity contribution in [1.82, 2.24) is 4.90 Å². The first-order valence-electron chi connectivity index (χ1n) is 5.78. The molecule has 0 unspecified atom stereocenters. The quantitative estimate of drug-likeness (QED) is 0.755. The highest BCUT2D eigenvalue weighted by atomic mass is 35.5. The Morgan fingerprint density at radius 3 is 2.76 bits per heavy atom. The molecule has 92 valence electrons. The van der Waals surface area contributed by atoms with E-state index in [1.54, 1.807) is 19.2 Å². The number of carbonyl (C=O) groups excluding carboxylic acids is 1. The molecule has 0 saturated heterocycles. The predicted octanol–water partition coefficient (Wildman–Crippen LogP) is 2.54. The first kappa shape index (κ1) is 12.2. The normalized spacial score (nSPS) is 14.5. The van der Waals surface area contributed by atoms with E-state index in [0.29, 0.717) is 29.8 Å². The van der Waals surface area contributed by atoms with Gasteiger partial charge in [0.2, 0.25) is 0 Å². The Balaban J connectivity index is 2.21. The molecule has 0 radical (unpaired) electrons. The molecule has 0 spiro atoms. The number of halogens is 1. The monoisotopic (exact) mass is 253 g/mol. The lowest BCUT2D eigenvalue weighted by Crippen LogP contribution is -2.34. The fourth-order valence-corrected chi connectivity index (χ4v) is 2.09. The minimum atomic E-state index is 0.0191. The lowest BCUT2D eigenvalue weighted by molar-refractivity contribution is 0.0750. The van der Waals surface area contributed by atoms with Crippen LogP contribution in [0.25, 0.3) is 0 Å². The molecule has 1 saturated carbocycles. The Morgan fingerprint density at radius 1 is 1.47 bits per heavy atom. The third-order valence-electron chi connectivity index (χ3n) is 2.91. The summed E-state index contributed by atoms with van der Waals surface area (Å²) in [4.78, 5) is 14.2. The SMILES string of the molecule is COc1ccccc1C(=O)N(CCCl)C1CC1. The standard InChI is InChI=1S/C13H16ClNO2/c1-17-12-5-3-2-4-11(12)13(16)15(9-8-14)10-6-7-10/h2-5,10H,6-9H2,1H3. The molecule has 0 aliphatic heterocycles. The molecule has 1 aromatic rings.